The fraction of sp³-hybridized carbons (Fsp3) is 0. The van der Waals surface area contributed by atoms with Crippen LogP contribution in [0.5, 0.6) is 0 Å². The molecule has 0 fully saturated rings. The molecular formula is C66H44BCl3N8O2. The molecule has 0 saturated heterocycles. The summed E-state index contributed by atoms with van der Waals surface area (Å²) in [6.45, 7) is 0. The van der Waals surface area contributed by atoms with Crippen molar-refractivity contribution in [3.05, 3.63) is 270 Å². The van der Waals surface area contributed by atoms with E-state index in [4.69, 9.17) is 64.8 Å². The third-order valence-electron chi connectivity index (χ3n) is 13.5. The number of nitrogens with zero attached hydrogens (tertiary/aromatic N) is 8. The standard InChI is InChI=1S/C33H21ClN4.C27H17ClN4.C6H6BClO2/c34-25-18-15-23(16-19-25)32-35-31(22-9-3-1-4-10-22)36-33(37-32)24-17-20-30-28(21-24)27-13-7-8-14-29(27)38(30)26-11-5-2-6-12-26;28-27-30-25(18-9-3-1-4-10-18)29-26(31-27)19-15-16-24-22(17-19)21-13-7-8-14-23(21)32(24)20-11-5-2-6-12-20;8-6-3-1-5(2-4-6)7(9)10/h1-21H;1-17H;1-4,9-10H. The lowest BCUT2D eigenvalue weighted by atomic mass is 9.81. The van der Waals surface area contributed by atoms with Gasteiger partial charge in [0.05, 0.1) is 22.1 Å². The first-order chi connectivity index (χ1) is 39.2. The largest absolute Gasteiger partial charge is 0.488 e. The van der Waals surface area contributed by atoms with Crippen LogP contribution in [0.1, 0.15) is 0 Å². The molecule has 14 aromatic rings. The first kappa shape index (κ1) is 51.4. The van der Waals surface area contributed by atoms with Gasteiger partial charge in [-0.05, 0) is 126 Å². The third kappa shape index (κ3) is 10.8. The number of benzene rings is 10. The lowest BCUT2D eigenvalue weighted by molar-refractivity contribution is 0.426. The number of hydrogen-bond acceptors (Lipinski definition) is 8. The van der Waals surface area contributed by atoms with Crippen LogP contribution >= 0.6 is 34.8 Å². The Hall–Kier alpha value is -9.33. The van der Waals surface area contributed by atoms with Crippen LogP contribution in [0.3, 0.4) is 0 Å². The van der Waals surface area contributed by atoms with E-state index in [2.05, 4.69) is 146 Å². The van der Waals surface area contributed by atoms with Crippen molar-refractivity contribution in [3.8, 4) is 68.3 Å². The highest BCUT2D eigenvalue weighted by molar-refractivity contribution is 6.58. The van der Waals surface area contributed by atoms with E-state index in [9.17, 15) is 0 Å². The summed E-state index contributed by atoms with van der Waals surface area (Å²) in [4.78, 5) is 28.1. The quantitative estimate of drug-likeness (QED) is 0.144. The van der Waals surface area contributed by atoms with E-state index in [1.54, 1.807) is 24.3 Å². The molecule has 0 aliphatic heterocycles. The second-order valence-corrected chi connectivity index (χ2v) is 19.8. The monoisotopic (exact) mass is 1100 g/mol. The van der Waals surface area contributed by atoms with Gasteiger partial charge in [-0.25, -0.2) is 19.9 Å². The van der Waals surface area contributed by atoms with Crippen molar-refractivity contribution in [2.24, 2.45) is 0 Å². The molecule has 14 rings (SSSR count). The van der Waals surface area contributed by atoms with Gasteiger partial charge in [0.1, 0.15) is 0 Å². The van der Waals surface area contributed by atoms with Gasteiger partial charge in [-0.3, -0.25) is 0 Å². The normalized spacial score (nSPS) is 11.1. The molecule has 0 aliphatic rings. The van der Waals surface area contributed by atoms with Gasteiger partial charge in [0.15, 0.2) is 29.1 Å². The van der Waals surface area contributed by atoms with Crippen LogP contribution in [-0.2, 0) is 0 Å². The molecule has 0 amide bonds. The van der Waals surface area contributed by atoms with Crippen LogP contribution in [0.2, 0.25) is 15.3 Å². The molecule has 4 aromatic heterocycles. The fourth-order valence-electron chi connectivity index (χ4n) is 9.71. The lowest BCUT2D eigenvalue weighted by Crippen LogP contribution is -2.29. The zero-order valence-corrected chi connectivity index (χ0v) is 44.7. The number of fused-ring (bicyclic) bond motifs is 6. The Bertz CT molecular complexity index is 4480. The van der Waals surface area contributed by atoms with E-state index in [0.29, 0.717) is 44.6 Å². The molecule has 80 heavy (non-hydrogen) atoms. The smallest absolute Gasteiger partial charge is 0.423 e. The second-order valence-electron chi connectivity index (χ2n) is 18.6. The van der Waals surface area contributed by atoms with Crippen LogP contribution < -0.4 is 5.46 Å². The van der Waals surface area contributed by atoms with Gasteiger partial charge < -0.3 is 19.2 Å². The van der Waals surface area contributed by atoms with Crippen molar-refractivity contribution >= 4 is 91.0 Å². The summed E-state index contributed by atoms with van der Waals surface area (Å²) in [7, 11) is -1.41. The van der Waals surface area contributed by atoms with Crippen molar-refractivity contribution in [3.63, 3.8) is 0 Å². The zero-order chi connectivity index (χ0) is 54.5. The van der Waals surface area contributed by atoms with E-state index >= 15 is 0 Å². The van der Waals surface area contributed by atoms with Gasteiger partial charge in [0.25, 0.3) is 0 Å². The summed E-state index contributed by atoms with van der Waals surface area (Å²) < 4.78 is 4.58. The fourth-order valence-corrected chi connectivity index (χ4v) is 10.1. The molecule has 384 valence electrons. The molecule has 0 bridgehead atoms. The number of para-hydroxylation sites is 4. The molecule has 14 heteroatoms. The number of rotatable bonds is 8. The summed E-state index contributed by atoms with van der Waals surface area (Å²) in [6.07, 6.45) is 0. The minimum absolute atomic E-state index is 0.181. The van der Waals surface area contributed by atoms with Crippen LogP contribution in [0.15, 0.2) is 255 Å². The maximum absolute atomic E-state index is 8.63. The SMILES string of the molecule is Clc1ccc(-c2nc(-c3ccccc3)nc(-c3ccc4c(c3)c3ccccc3n4-c3ccccc3)n2)cc1.Clc1nc(-c2ccccc2)nc(-c2ccc3c(c2)c2ccccc2n3-c2ccccc2)n1.OB(O)c1ccc(Cl)cc1. The van der Waals surface area contributed by atoms with E-state index in [1.165, 1.54) is 10.8 Å². The van der Waals surface area contributed by atoms with Crippen LogP contribution in [-0.4, -0.2) is 56.2 Å². The molecular weight excluding hydrogens is 1050 g/mol. The van der Waals surface area contributed by atoms with Gasteiger partial charge in [0, 0.05) is 70.8 Å². The lowest BCUT2D eigenvalue weighted by Gasteiger charge is -2.09. The molecule has 10 aromatic carbocycles. The van der Waals surface area contributed by atoms with Gasteiger partial charge in [0.2, 0.25) is 5.28 Å². The van der Waals surface area contributed by atoms with Gasteiger partial charge in [-0.2, -0.15) is 9.97 Å². The highest BCUT2D eigenvalue weighted by Crippen LogP contribution is 2.37. The first-order valence-electron chi connectivity index (χ1n) is 25.6. The summed E-state index contributed by atoms with van der Waals surface area (Å²) in [5.74, 6) is 2.99. The maximum Gasteiger partial charge on any atom is 0.488 e. The minimum atomic E-state index is -1.41. The highest BCUT2D eigenvalue weighted by atomic mass is 35.5. The zero-order valence-electron chi connectivity index (χ0n) is 42.4. The van der Waals surface area contributed by atoms with Gasteiger partial charge in [-0.1, -0.05) is 169 Å². The van der Waals surface area contributed by atoms with Crippen molar-refractivity contribution in [2.75, 3.05) is 0 Å². The molecule has 0 saturated carbocycles. The molecule has 0 atom stereocenters. The maximum atomic E-state index is 8.63. The summed E-state index contributed by atoms with van der Waals surface area (Å²) >= 11 is 18.0. The average Bonchev–Trinajstić information content (AvgIpc) is 4.11. The third-order valence-corrected chi connectivity index (χ3v) is 14.1. The van der Waals surface area contributed by atoms with Crippen molar-refractivity contribution in [1.82, 2.24) is 39.0 Å². The first-order valence-corrected chi connectivity index (χ1v) is 26.7. The van der Waals surface area contributed by atoms with E-state index < -0.39 is 7.12 Å². The highest BCUT2D eigenvalue weighted by Gasteiger charge is 2.18. The Morgan fingerprint density at radius 2 is 0.600 bits per heavy atom. The van der Waals surface area contributed by atoms with E-state index in [-0.39, 0.29) is 5.28 Å². The van der Waals surface area contributed by atoms with Gasteiger partial charge >= 0.3 is 7.12 Å². The molecule has 0 unspecified atom stereocenters. The van der Waals surface area contributed by atoms with Crippen molar-refractivity contribution < 1.29 is 10.0 Å². The predicted octanol–water partition coefficient (Wildman–Crippen LogP) is 15.6. The molecule has 10 nitrogen and oxygen atoms in total. The second kappa shape index (κ2) is 22.9. The average molecular weight is 1100 g/mol. The Balaban J connectivity index is 0.000000137. The van der Waals surface area contributed by atoms with Crippen LogP contribution in [0.25, 0.3) is 112 Å². The van der Waals surface area contributed by atoms with E-state index in [0.717, 1.165) is 72.0 Å². The summed E-state index contributed by atoms with van der Waals surface area (Å²) in [5.41, 5.74) is 11.8. The van der Waals surface area contributed by atoms with Crippen LogP contribution in [0.4, 0.5) is 0 Å². The molecule has 0 radical (unpaired) electrons. The number of halogens is 3. The van der Waals surface area contributed by atoms with Crippen LogP contribution in [0, 0.1) is 0 Å². The minimum Gasteiger partial charge on any atom is -0.423 e. The number of hydrogen-bond donors (Lipinski definition) is 2. The molecule has 4 heterocycles. The van der Waals surface area contributed by atoms with E-state index in [1.807, 2.05) is 103 Å². The molecule has 2 N–H and O–H groups in total. The Morgan fingerprint density at radius 3 is 1.02 bits per heavy atom. The Kier molecular flexibility index (Phi) is 14.8. The summed E-state index contributed by atoms with van der Waals surface area (Å²) in [6, 6.07) is 84.2. The predicted molar refractivity (Wildman–Crippen MR) is 327 cm³/mol. The van der Waals surface area contributed by atoms with Gasteiger partial charge in [-0.15, -0.1) is 0 Å². The van der Waals surface area contributed by atoms with Crippen molar-refractivity contribution in [2.45, 2.75) is 0 Å². The Morgan fingerprint density at radius 1 is 0.287 bits per heavy atom. The Labute approximate surface area is 475 Å². The topological polar surface area (TPSA) is 128 Å². The number of aromatic nitrogens is 8. The van der Waals surface area contributed by atoms with Crippen molar-refractivity contribution in [1.29, 1.82) is 0 Å². The molecule has 0 spiro atoms. The molecule has 0 aliphatic carbocycles. The summed E-state index contributed by atoms with van der Waals surface area (Å²) in [5, 5.41) is 23.3.